The summed E-state index contributed by atoms with van der Waals surface area (Å²) in [5.74, 6) is 0.617. The maximum absolute atomic E-state index is 12.8. The third kappa shape index (κ3) is 4.88. The van der Waals surface area contributed by atoms with Gasteiger partial charge in [0.25, 0.3) is 0 Å². The van der Waals surface area contributed by atoms with E-state index in [9.17, 15) is 9.59 Å². The third-order valence-corrected chi connectivity index (χ3v) is 8.19. The molecule has 3 aromatic heterocycles. The van der Waals surface area contributed by atoms with Crippen LogP contribution in [0.2, 0.25) is 0 Å². The SMILES string of the molecule is O=c1ccn(-c2cc(-c3cc(-c4ccccc4)nc(-c4ccccc4)n3)cc(-n3ccc(=O)c4ccccc43)c2)c2ccccc12. The number of nitrogens with zero attached hydrogens (tertiary/aromatic N) is 4. The molecule has 0 aliphatic heterocycles. The van der Waals surface area contributed by atoms with E-state index in [-0.39, 0.29) is 10.9 Å². The van der Waals surface area contributed by atoms with E-state index in [1.807, 2.05) is 137 Å². The molecule has 6 nitrogen and oxygen atoms in total. The quantitative estimate of drug-likeness (QED) is 0.202. The Hall–Kier alpha value is -6.40. The van der Waals surface area contributed by atoms with Gasteiger partial charge in [-0.15, -0.1) is 0 Å². The van der Waals surface area contributed by atoms with Crippen LogP contribution in [0.25, 0.3) is 67.1 Å². The molecule has 0 amide bonds. The summed E-state index contributed by atoms with van der Waals surface area (Å²) < 4.78 is 4.04. The molecule has 0 fully saturated rings. The predicted molar refractivity (Wildman–Crippen MR) is 185 cm³/mol. The van der Waals surface area contributed by atoms with E-state index in [1.54, 1.807) is 12.1 Å². The van der Waals surface area contributed by atoms with E-state index in [2.05, 4.69) is 18.2 Å². The minimum absolute atomic E-state index is 0.0366. The number of pyridine rings is 2. The lowest BCUT2D eigenvalue weighted by molar-refractivity contribution is 1.06. The smallest absolute Gasteiger partial charge is 0.189 e. The fourth-order valence-electron chi connectivity index (χ4n) is 5.95. The van der Waals surface area contributed by atoms with Gasteiger partial charge in [0.2, 0.25) is 0 Å². The van der Waals surface area contributed by atoms with Gasteiger partial charge < -0.3 is 9.13 Å². The Morgan fingerprint density at radius 2 is 0.870 bits per heavy atom. The second kappa shape index (κ2) is 11.3. The van der Waals surface area contributed by atoms with Crippen LogP contribution in [-0.4, -0.2) is 19.1 Å². The van der Waals surface area contributed by atoms with Crippen LogP contribution >= 0.6 is 0 Å². The van der Waals surface area contributed by atoms with E-state index in [0.717, 1.165) is 50.5 Å². The fourth-order valence-corrected chi connectivity index (χ4v) is 5.95. The number of rotatable bonds is 5. The Labute approximate surface area is 264 Å². The molecular formula is C40H26N4O2. The maximum atomic E-state index is 12.8. The molecule has 46 heavy (non-hydrogen) atoms. The second-order valence-corrected chi connectivity index (χ2v) is 11.1. The zero-order valence-electron chi connectivity index (χ0n) is 24.6. The van der Waals surface area contributed by atoms with Crippen molar-refractivity contribution in [3.63, 3.8) is 0 Å². The average Bonchev–Trinajstić information content (AvgIpc) is 3.12. The number of hydrogen-bond acceptors (Lipinski definition) is 4. The van der Waals surface area contributed by atoms with Crippen LogP contribution in [0.1, 0.15) is 0 Å². The van der Waals surface area contributed by atoms with Crippen molar-refractivity contribution >= 4 is 21.8 Å². The van der Waals surface area contributed by atoms with Gasteiger partial charge in [0.05, 0.1) is 22.4 Å². The van der Waals surface area contributed by atoms with Gasteiger partial charge in [-0.3, -0.25) is 9.59 Å². The molecule has 0 unspecified atom stereocenters. The summed E-state index contributed by atoms with van der Waals surface area (Å²) >= 11 is 0. The van der Waals surface area contributed by atoms with Gasteiger partial charge in [0.15, 0.2) is 16.7 Å². The summed E-state index contributed by atoms with van der Waals surface area (Å²) in [5, 5.41) is 1.26. The van der Waals surface area contributed by atoms with Gasteiger partial charge in [0.1, 0.15) is 0 Å². The normalized spacial score (nSPS) is 11.2. The van der Waals surface area contributed by atoms with E-state index in [0.29, 0.717) is 16.6 Å². The van der Waals surface area contributed by atoms with Crippen molar-refractivity contribution in [2.75, 3.05) is 0 Å². The molecule has 0 radical (unpaired) electrons. The van der Waals surface area contributed by atoms with Crippen molar-refractivity contribution < 1.29 is 0 Å². The van der Waals surface area contributed by atoms with Gasteiger partial charge in [-0.1, -0.05) is 84.9 Å². The highest BCUT2D eigenvalue weighted by atomic mass is 16.1. The number of fused-ring (bicyclic) bond motifs is 2. The van der Waals surface area contributed by atoms with E-state index in [4.69, 9.17) is 9.97 Å². The van der Waals surface area contributed by atoms with Crippen LogP contribution in [0.5, 0.6) is 0 Å². The monoisotopic (exact) mass is 594 g/mol. The molecule has 0 saturated carbocycles. The lowest BCUT2D eigenvalue weighted by Crippen LogP contribution is -2.09. The average molecular weight is 595 g/mol. The van der Waals surface area contributed by atoms with Crippen LogP contribution < -0.4 is 10.9 Å². The molecule has 0 N–H and O–H groups in total. The van der Waals surface area contributed by atoms with Crippen molar-refractivity contribution in [1.82, 2.24) is 19.1 Å². The molecule has 0 bridgehead atoms. The fraction of sp³-hybridized carbons (Fsp3) is 0. The summed E-state index contributed by atoms with van der Waals surface area (Å²) in [5.41, 5.74) is 7.49. The van der Waals surface area contributed by atoms with Crippen LogP contribution in [0, 0.1) is 0 Å². The molecule has 0 aliphatic rings. The van der Waals surface area contributed by atoms with Crippen molar-refractivity contribution in [3.8, 4) is 45.3 Å². The molecule has 0 atom stereocenters. The number of aromatic nitrogens is 4. The van der Waals surface area contributed by atoms with Crippen LogP contribution in [-0.2, 0) is 0 Å². The van der Waals surface area contributed by atoms with E-state index >= 15 is 0 Å². The maximum Gasteiger partial charge on any atom is 0.189 e. The summed E-state index contributed by atoms with van der Waals surface area (Å²) in [7, 11) is 0. The number of benzene rings is 5. The molecule has 0 saturated heterocycles. The first-order valence-corrected chi connectivity index (χ1v) is 15.0. The van der Waals surface area contributed by atoms with Crippen molar-refractivity contribution in [1.29, 1.82) is 0 Å². The first kappa shape index (κ1) is 27.2. The molecule has 8 aromatic rings. The minimum atomic E-state index is -0.0366. The van der Waals surface area contributed by atoms with Crippen molar-refractivity contribution in [2.45, 2.75) is 0 Å². The summed E-state index contributed by atoms with van der Waals surface area (Å²) in [6.45, 7) is 0. The third-order valence-electron chi connectivity index (χ3n) is 8.19. The lowest BCUT2D eigenvalue weighted by Gasteiger charge is -2.18. The predicted octanol–water partition coefficient (Wildman–Crippen LogP) is 8.09. The first-order valence-electron chi connectivity index (χ1n) is 15.0. The zero-order chi connectivity index (χ0) is 31.0. The van der Waals surface area contributed by atoms with Gasteiger partial charge in [0, 0.05) is 63.4 Å². The molecule has 3 heterocycles. The van der Waals surface area contributed by atoms with Crippen molar-refractivity contribution in [2.24, 2.45) is 0 Å². The highest BCUT2D eigenvalue weighted by Crippen LogP contribution is 2.32. The Balaban J connectivity index is 1.43. The molecule has 218 valence electrons. The number of hydrogen-bond donors (Lipinski definition) is 0. The summed E-state index contributed by atoms with van der Waals surface area (Å²) in [6, 6.07) is 46.7. The molecule has 6 heteroatoms. The highest BCUT2D eigenvalue weighted by molar-refractivity contribution is 5.84. The Morgan fingerprint density at radius 1 is 0.413 bits per heavy atom. The molecule has 0 spiro atoms. The highest BCUT2D eigenvalue weighted by Gasteiger charge is 2.15. The standard InChI is InChI=1S/C40H26N4O2/c45-38-19-21-43(36-17-9-7-15-32(36)38)30-23-29(24-31(25-30)44-22-20-39(46)33-16-8-10-18-37(33)44)35-26-34(27-11-3-1-4-12-27)41-40(42-35)28-13-5-2-6-14-28/h1-26H. The Bertz CT molecular complexity index is 2350. The number of para-hydroxylation sites is 2. The summed E-state index contributed by atoms with van der Waals surface area (Å²) in [4.78, 5) is 35.7. The first-order chi connectivity index (χ1) is 22.6. The largest absolute Gasteiger partial charge is 0.316 e. The van der Waals surface area contributed by atoms with Crippen LogP contribution in [0.3, 0.4) is 0 Å². The van der Waals surface area contributed by atoms with Gasteiger partial charge in [-0.25, -0.2) is 9.97 Å². The van der Waals surface area contributed by atoms with E-state index < -0.39 is 0 Å². The van der Waals surface area contributed by atoms with Gasteiger partial charge in [-0.05, 0) is 48.5 Å². The van der Waals surface area contributed by atoms with Crippen molar-refractivity contribution in [3.05, 3.63) is 178 Å². The van der Waals surface area contributed by atoms with Gasteiger partial charge in [-0.2, -0.15) is 0 Å². The molecular weight excluding hydrogens is 568 g/mol. The van der Waals surface area contributed by atoms with E-state index in [1.165, 1.54) is 0 Å². The van der Waals surface area contributed by atoms with Crippen LogP contribution in [0.15, 0.2) is 168 Å². The molecule has 8 rings (SSSR count). The Morgan fingerprint density at radius 3 is 1.41 bits per heavy atom. The zero-order valence-corrected chi connectivity index (χ0v) is 24.6. The summed E-state index contributed by atoms with van der Waals surface area (Å²) in [6.07, 6.45) is 3.61. The Kier molecular flexibility index (Phi) is 6.65. The lowest BCUT2D eigenvalue weighted by atomic mass is 10.0. The van der Waals surface area contributed by atoms with Gasteiger partial charge >= 0.3 is 0 Å². The molecule has 0 aliphatic carbocycles. The topological polar surface area (TPSA) is 69.8 Å². The second-order valence-electron chi connectivity index (χ2n) is 11.1. The van der Waals surface area contributed by atoms with Crippen LogP contribution in [0.4, 0.5) is 0 Å². The minimum Gasteiger partial charge on any atom is -0.316 e. The molecule has 5 aromatic carbocycles.